The Balaban J connectivity index is 1.09. The third-order valence-electron chi connectivity index (χ3n) is 8.24. The fraction of sp³-hybridized carbons (Fsp3) is 0.429. The van der Waals surface area contributed by atoms with Gasteiger partial charge in [0.15, 0.2) is 0 Å². The molecule has 8 atom stereocenters. The molecule has 0 saturated heterocycles. The smallest absolute Gasteiger partial charge is 0.00719 e. The molecule has 30 heavy (non-hydrogen) atoms. The highest BCUT2D eigenvalue weighted by Crippen LogP contribution is 2.68. The minimum atomic E-state index is 0.848. The average Bonchev–Trinajstić information content (AvgIpc) is 3.52. The second-order valence-corrected chi connectivity index (χ2v) is 11.8. The molecule has 4 aliphatic rings. The fourth-order valence-corrected chi connectivity index (χ4v) is 9.17. The summed E-state index contributed by atoms with van der Waals surface area (Å²) in [5.74, 6) is 9.53. The molecule has 154 valence electrons. The third-order valence-corrected chi connectivity index (χ3v) is 10.3. The van der Waals surface area contributed by atoms with Crippen LogP contribution in [-0.2, 0) is 0 Å². The van der Waals surface area contributed by atoms with Crippen LogP contribution in [0.4, 0.5) is 0 Å². The van der Waals surface area contributed by atoms with Crippen molar-refractivity contribution in [3.63, 3.8) is 0 Å². The molecular weight excluding hydrogens is 400 g/mol. The van der Waals surface area contributed by atoms with Crippen molar-refractivity contribution in [1.29, 1.82) is 0 Å². The lowest BCUT2D eigenvalue weighted by atomic mass is 9.81. The van der Waals surface area contributed by atoms with Crippen molar-refractivity contribution in [2.24, 2.45) is 47.3 Å². The molecule has 2 saturated carbocycles. The van der Waals surface area contributed by atoms with E-state index < -0.39 is 0 Å². The Bertz CT molecular complexity index is 813. The van der Waals surface area contributed by atoms with E-state index in [4.69, 9.17) is 0 Å². The minimum absolute atomic E-state index is 0.848. The molecule has 0 aliphatic heterocycles. The summed E-state index contributed by atoms with van der Waals surface area (Å²) in [6.45, 7) is 0. The Morgan fingerprint density at radius 1 is 0.500 bits per heavy atom. The van der Waals surface area contributed by atoms with Crippen LogP contribution in [0.15, 0.2) is 94.8 Å². The number of rotatable bonds is 8. The van der Waals surface area contributed by atoms with E-state index in [0.29, 0.717) is 0 Å². The summed E-state index contributed by atoms with van der Waals surface area (Å²) in [5, 5.41) is 0. The molecule has 0 radical (unpaired) electrons. The van der Waals surface area contributed by atoms with Gasteiger partial charge in [-0.1, -0.05) is 60.7 Å². The second-order valence-electron chi connectivity index (χ2n) is 9.46. The predicted octanol–water partition coefficient (Wildman–Crippen LogP) is 7.45. The van der Waals surface area contributed by atoms with E-state index in [1.54, 1.807) is 0 Å². The van der Waals surface area contributed by atoms with Gasteiger partial charge in [0.1, 0.15) is 0 Å². The lowest BCUT2D eigenvalue weighted by Crippen LogP contribution is -2.20. The van der Waals surface area contributed by atoms with E-state index in [2.05, 4.69) is 85.0 Å². The van der Waals surface area contributed by atoms with Gasteiger partial charge in [-0.3, -0.25) is 0 Å². The van der Waals surface area contributed by atoms with E-state index in [1.165, 1.54) is 34.1 Å². The lowest BCUT2D eigenvalue weighted by molar-refractivity contribution is 0.286. The first-order valence-corrected chi connectivity index (χ1v) is 13.6. The largest absolute Gasteiger partial charge is 0.126 e. The molecule has 2 heteroatoms. The maximum absolute atomic E-state index is 2.65. The molecule has 0 N–H and O–H groups in total. The molecular formula is C28H30S2. The number of thioether (sulfide) groups is 2. The highest BCUT2D eigenvalue weighted by Gasteiger charge is 2.63. The van der Waals surface area contributed by atoms with Crippen LogP contribution in [0.2, 0.25) is 0 Å². The normalized spacial score (nSPS) is 37.2. The van der Waals surface area contributed by atoms with Crippen molar-refractivity contribution in [3.8, 4) is 0 Å². The first-order chi connectivity index (χ1) is 14.9. The maximum atomic E-state index is 2.65. The van der Waals surface area contributed by atoms with Gasteiger partial charge in [0.25, 0.3) is 0 Å². The molecule has 0 aromatic heterocycles. The predicted molar refractivity (Wildman–Crippen MR) is 130 cm³/mol. The molecule has 0 amide bonds. The number of allylic oxidation sites excluding steroid dienone is 4. The highest BCUT2D eigenvalue weighted by atomic mass is 32.2. The molecule has 0 bridgehead atoms. The van der Waals surface area contributed by atoms with Gasteiger partial charge in [0, 0.05) is 9.79 Å². The topological polar surface area (TPSA) is 0 Å². The van der Waals surface area contributed by atoms with Gasteiger partial charge in [-0.15, -0.1) is 23.5 Å². The minimum Gasteiger partial charge on any atom is -0.126 e. The monoisotopic (exact) mass is 430 g/mol. The zero-order valence-corrected chi connectivity index (χ0v) is 19.0. The van der Waals surface area contributed by atoms with Crippen LogP contribution in [-0.4, -0.2) is 11.5 Å². The van der Waals surface area contributed by atoms with E-state index >= 15 is 0 Å². The zero-order valence-electron chi connectivity index (χ0n) is 17.3. The standard InChI is InChI=1S/C28H30S2/c1-3-7-19(8-4-1)29-17-15-21-23-11-13-25-22(16-18-30-20-9-5-2-6-10-20)26-14-12-24(21)28(26)27(23)25/h1-14,21-28H,15-18H2/t21?,22?,23-,24+,25+,26-,27?,28?. The van der Waals surface area contributed by atoms with E-state index in [1.807, 2.05) is 23.5 Å². The molecule has 0 nitrogen and oxygen atoms in total. The molecule has 6 rings (SSSR count). The average molecular weight is 431 g/mol. The van der Waals surface area contributed by atoms with Crippen LogP contribution in [0.3, 0.4) is 0 Å². The number of hydrogen-bond donors (Lipinski definition) is 0. The van der Waals surface area contributed by atoms with Crippen LogP contribution >= 0.6 is 23.5 Å². The fourth-order valence-electron chi connectivity index (χ4n) is 7.22. The summed E-state index contributed by atoms with van der Waals surface area (Å²) in [6.07, 6.45) is 13.3. The van der Waals surface area contributed by atoms with Gasteiger partial charge in [-0.25, -0.2) is 0 Å². The van der Waals surface area contributed by atoms with Gasteiger partial charge in [-0.2, -0.15) is 0 Å². The van der Waals surface area contributed by atoms with Crippen molar-refractivity contribution in [2.75, 3.05) is 11.5 Å². The van der Waals surface area contributed by atoms with Crippen molar-refractivity contribution < 1.29 is 0 Å². The van der Waals surface area contributed by atoms with Gasteiger partial charge in [0.2, 0.25) is 0 Å². The third kappa shape index (κ3) is 3.31. The first kappa shape index (κ1) is 19.3. The SMILES string of the molecule is C1=C[C@H]2C(CCSc3ccccc3)[C@H]3C=C[C@H]4C(CCSc5ccccc5)[C@@H]1C2C34. The van der Waals surface area contributed by atoms with Crippen molar-refractivity contribution >= 4 is 23.5 Å². The summed E-state index contributed by atoms with van der Waals surface area (Å²) in [4.78, 5) is 2.85. The molecule has 0 heterocycles. The maximum Gasteiger partial charge on any atom is 0.00719 e. The molecule has 4 aliphatic carbocycles. The van der Waals surface area contributed by atoms with Crippen molar-refractivity contribution in [2.45, 2.75) is 22.6 Å². The van der Waals surface area contributed by atoms with Gasteiger partial charge in [0.05, 0.1) is 0 Å². The Labute approximate surface area is 189 Å². The second kappa shape index (κ2) is 8.28. The van der Waals surface area contributed by atoms with Crippen LogP contribution in [0.5, 0.6) is 0 Å². The molecule has 2 aromatic carbocycles. The van der Waals surface area contributed by atoms with Crippen LogP contribution in [0, 0.1) is 47.3 Å². The van der Waals surface area contributed by atoms with Crippen LogP contribution in [0.25, 0.3) is 0 Å². The summed E-state index contributed by atoms with van der Waals surface area (Å²) >= 11 is 4.09. The summed E-state index contributed by atoms with van der Waals surface area (Å²) < 4.78 is 0. The Kier molecular flexibility index (Phi) is 5.33. The van der Waals surface area contributed by atoms with Gasteiger partial charge in [-0.05, 0) is 96.0 Å². The van der Waals surface area contributed by atoms with E-state index in [9.17, 15) is 0 Å². The Hall–Kier alpha value is -1.38. The first-order valence-electron chi connectivity index (χ1n) is 11.6. The Morgan fingerprint density at radius 3 is 1.23 bits per heavy atom. The van der Waals surface area contributed by atoms with Gasteiger partial charge >= 0.3 is 0 Å². The van der Waals surface area contributed by atoms with Crippen molar-refractivity contribution in [3.05, 3.63) is 85.0 Å². The zero-order chi connectivity index (χ0) is 19.9. The number of hydrogen-bond acceptors (Lipinski definition) is 2. The van der Waals surface area contributed by atoms with Crippen LogP contribution in [0.1, 0.15) is 12.8 Å². The van der Waals surface area contributed by atoms with Crippen molar-refractivity contribution in [1.82, 2.24) is 0 Å². The molecule has 4 unspecified atom stereocenters. The van der Waals surface area contributed by atoms with Crippen LogP contribution < -0.4 is 0 Å². The quantitative estimate of drug-likeness (QED) is 0.315. The van der Waals surface area contributed by atoms with Gasteiger partial charge < -0.3 is 0 Å². The number of benzene rings is 2. The molecule has 2 aromatic rings. The summed E-state index contributed by atoms with van der Waals surface area (Å²) in [6, 6.07) is 21.9. The van der Waals surface area contributed by atoms with E-state index in [-0.39, 0.29) is 0 Å². The summed E-state index contributed by atoms with van der Waals surface area (Å²) in [5.41, 5.74) is 0. The highest BCUT2D eigenvalue weighted by molar-refractivity contribution is 7.99. The summed E-state index contributed by atoms with van der Waals surface area (Å²) in [7, 11) is 0. The lowest BCUT2D eigenvalue weighted by Gasteiger charge is -2.25. The molecule has 0 spiro atoms. The van der Waals surface area contributed by atoms with E-state index in [0.717, 1.165) is 47.3 Å². The molecule has 2 fully saturated rings. The Morgan fingerprint density at radius 2 is 0.867 bits per heavy atom.